The molecule has 11 unspecified atom stereocenters. The Bertz CT molecular complexity index is 1630. The third kappa shape index (κ3) is 30.3. The Hall–Kier alpha value is -3.61. The number of aliphatic hydroxyl groups is 7. The summed E-state index contributed by atoms with van der Waals surface area (Å²) in [6, 6.07) is 0. The molecular weight excluding hydrogens is 909 g/mol. The molecule has 2 rings (SSSR count). The zero-order chi connectivity index (χ0) is 51.6. The van der Waals surface area contributed by atoms with Crippen LogP contribution in [0.5, 0.6) is 0 Å². The van der Waals surface area contributed by atoms with E-state index in [1.165, 1.54) is 0 Å². The van der Waals surface area contributed by atoms with Gasteiger partial charge in [0.25, 0.3) is 0 Å². The molecule has 2 heterocycles. The van der Waals surface area contributed by atoms with Crippen LogP contribution in [0.15, 0.2) is 122 Å². The van der Waals surface area contributed by atoms with Crippen LogP contribution in [0.1, 0.15) is 129 Å². The van der Waals surface area contributed by atoms with Crippen LogP contribution in [-0.4, -0.2) is 142 Å². The van der Waals surface area contributed by atoms with E-state index in [1.54, 1.807) is 0 Å². The normalized spacial score (nSPS) is 26.3. The highest BCUT2D eigenvalue weighted by molar-refractivity contribution is 5.69. The maximum Gasteiger partial charge on any atom is 0.306 e. The molecule has 2 aliphatic rings. The molecule has 0 amide bonds. The van der Waals surface area contributed by atoms with Crippen molar-refractivity contribution >= 4 is 5.97 Å². The van der Waals surface area contributed by atoms with Gasteiger partial charge in [0.1, 0.15) is 54.9 Å². The first-order chi connectivity index (χ1) is 34.6. The van der Waals surface area contributed by atoms with Crippen molar-refractivity contribution < 1.29 is 69.0 Å². The third-order valence-corrected chi connectivity index (χ3v) is 11.5. The molecule has 402 valence electrons. The van der Waals surface area contributed by atoms with E-state index < -0.39 is 86.7 Å². The van der Waals surface area contributed by atoms with E-state index in [-0.39, 0.29) is 19.6 Å². The predicted molar refractivity (Wildman–Crippen MR) is 279 cm³/mol. The summed E-state index contributed by atoms with van der Waals surface area (Å²) in [7, 11) is 0. The van der Waals surface area contributed by atoms with Crippen molar-refractivity contribution in [2.45, 2.75) is 197 Å². The van der Waals surface area contributed by atoms with Gasteiger partial charge in [-0.3, -0.25) is 4.79 Å². The first-order valence-corrected chi connectivity index (χ1v) is 26.1. The Morgan fingerprint density at radius 2 is 0.873 bits per heavy atom. The molecule has 2 saturated heterocycles. The van der Waals surface area contributed by atoms with Crippen LogP contribution in [0.4, 0.5) is 0 Å². The first kappa shape index (κ1) is 63.5. The zero-order valence-electron chi connectivity index (χ0n) is 42.6. The van der Waals surface area contributed by atoms with Crippen molar-refractivity contribution in [3.05, 3.63) is 122 Å². The molecule has 0 saturated carbocycles. The Balaban J connectivity index is 1.82. The largest absolute Gasteiger partial charge is 0.457 e. The van der Waals surface area contributed by atoms with Gasteiger partial charge in [-0.15, -0.1) is 0 Å². The number of unbranched alkanes of at least 4 members (excludes halogenated alkanes) is 5. The second-order valence-corrected chi connectivity index (χ2v) is 17.6. The monoisotopic (exact) mass is 999 g/mol. The highest BCUT2D eigenvalue weighted by atomic mass is 16.7. The zero-order valence-corrected chi connectivity index (χ0v) is 42.6. The van der Waals surface area contributed by atoms with Gasteiger partial charge in [-0.05, 0) is 89.9 Å². The van der Waals surface area contributed by atoms with E-state index >= 15 is 0 Å². The molecule has 0 radical (unpaired) electrons. The maximum absolute atomic E-state index is 13.0. The summed E-state index contributed by atoms with van der Waals surface area (Å²) in [5, 5.41) is 72.2. The van der Waals surface area contributed by atoms with Gasteiger partial charge < -0.3 is 64.2 Å². The summed E-state index contributed by atoms with van der Waals surface area (Å²) >= 11 is 0. The van der Waals surface area contributed by atoms with Gasteiger partial charge in [0, 0.05) is 13.0 Å². The van der Waals surface area contributed by atoms with Gasteiger partial charge in [0.2, 0.25) is 0 Å². The quantitative estimate of drug-likeness (QED) is 0.0176. The van der Waals surface area contributed by atoms with Gasteiger partial charge in [-0.25, -0.2) is 0 Å². The van der Waals surface area contributed by atoms with Gasteiger partial charge in [-0.1, -0.05) is 155 Å². The molecule has 0 aromatic heterocycles. The number of carbonyl (C=O) groups excluding carboxylic acids is 1. The molecule has 14 nitrogen and oxygen atoms in total. The first-order valence-electron chi connectivity index (χ1n) is 26.1. The van der Waals surface area contributed by atoms with Crippen LogP contribution in [0, 0.1) is 0 Å². The molecule has 14 heteroatoms. The van der Waals surface area contributed by atoms with Crippen LogP contribution < -0.4 is 0 Å². The predicted octanol–water partition coefficient (Wildman–Crippen LogP) is 8.18. The standard InChI is InChI=1S/C57H90O14/c1-3-5-7-9-11-13-15-17-19-21-23-24-26-28-30-32-34-36-38-40-49(59)69-46(43-66-41-39-37-35-33-31-29-27-25-22-20-18-16-14-12-10-8-6-4-2)44-67-56-55(65)53(63)51(61)48(71-56)45-68-57-54(64)52(62)50(60)47(42-58)70-57/h5-8,11-14,17-20,23-25,27-28,30,34,36,46-48,50-58,60-65H,3-4,9-10,15-16,21-22,26,29,31-33,35,37-45H2,1-2H3/b7-5-,8-6-,13-11-,14-12-,19-17-,20-18-,24-23-,27-25-,30-28-,36-34-. The number of rotatable bonds is 39. The summed E-state index contributed by atoms with van der Waals surface area (Å²) in [5.41, 5.74) is 0. The van der Waals surface area contributed by atoms with E-state index in [4.69, 9.17) is 28.4 Å². The Morgan fingerprint density at radius 3 is 1.37 bits per heavy atom. The van der Waals surface area contributed by atoms with Crippen molar-refractivity contribution in [1.82, 2.24) is 0 Å². The molecule has 11 atom stereocenters. The molecule has 2 aliphatic heterocycles. The van der Waals surface area contributed by atoms with E-state index in [9.17, 15) is 40.5 Å². The fourth-order valence-corrected chi connectivity index (χ4v) is 7.30. The molecule has 0 aromatic carbocycles. The van der Waals surface area contributed by atoms with E-state index in [0.717, 1.165) is 103 Å². The average Bonchev–Trinajstić information content (AvgIpc) is 3.37. The third-order valence-electron chi connectivity index (χ3n) is 11.5. The summed E-state index contributed by atoms with van der Waals surface area (Å²) in [6.45, 7) is 3.27. The smallest absolute Gasteiger partial charge is 0.306 e. The summed E-state index contributed by atoms with van der Waals surface area (Å²) in [5.74, 6) is -0.471. The van der Waals surface area contributed by atoms with Crippen molar-refractivity contribution in [2.24, 2.45) is 0 Å². The molecule has 0 spiro atoms. The lowest BCUT2D eigenvalue weighted by atomic mass is 9.98. The highest BCUT2D eigenvalue weighted by Crippen LogP contribution is 2.26. The van der Waals surface area contributed by atoms with Crippen molar-refractivity contribution in [2.75, 3.05) is 33.0 Å². The van der Waals surface area contributed by atoms with Gasteiger partial charge in [-0.2, -0.15) is 0 Å². The molecule has 2 fully saturated rings. The minimum Gasteiger partial charge on any atom is -0.457 e. The van der Waals surface area contributed by atoms with Crippen LogP contribution in [0.2, 0.25) is 0 Å². The topological polar surface area (TPSA) is 214 Å². The molecule has 7 N–H and O–H groups in total. The molecular formula is C57H90O14. The summed E-state index contributed by atoms with van der Waals surface area (Å²) in [4.78, 5) is 13.0. The van der Waals surface area contributed by atoms with Gasteiger partial charge >= 0.3 is 5.97 Å². The van der Waals surface area contributed by atoms with Crippen molar-refractivity contribution in [3.8, 4) is 0 Å². The Labute approximate surface area is 425 Å². The lowest BCUT2D eigenvalue weighted by Crippen LogP contribution is -2.61. The van der Waals surface area contributed by atoms with E-state index in [0.29, 0.717) is 13.0 Å². The lowest BCUT2D eigenvalue weighted by Gasteiger charge is -2.42. The van der Waals surface area contributed by atoms with Crippen LogP contribution in [0.25, 0.3) is 0 Å². The Kier molecular flexibility index (Phi) is 38.3. The SMILES string of the molecule is CC/C=C\C/C=C\C/C=C\C/C=C\C/C=C\C/C=C\CCC(=O)OC(COCCCCCCC/C=C\C/C=C\C/C=C\C/C=C\CC)COC1OC(COC2OC(CO)C(O)C(O)C2O)C(O)C(O)C1O. The number of esters is 1. The Morgan fingerprint density at radius 1 is 0.465 bits per heavy atom. The molecule has 0 bridgehead atoms. The number of hydrogen-bond acceptors (Lipinski definition) is 14. The number of aliphatic hydroxyl groups excluding tert-OH is 7. The van der Waals surface area contributed by atoms with Crippen molar-refractivity contribution in [1.29, 1.82) is 0 Å². The fourth-order valence-electron chi connectivity index (χ4n) is 7.30. The number of ether oxygens (including phenoxy) is 6. The second kappa shape index (κ2) is 42.9. The maximum atomic E-state index is 13.0. The molecule has 0 aliphatic carbocycles. The van der Waals surface area contributed by atoms with Gasteiger partial charge in [0.15, 0.2) is 12.6 Å². The van der Waals surface area contributed by atoms with Crippen molar-refractivity contribution in [3.63, 3.8) is 0 Å². The summed E-state index contributed by atoms with van der Waals surface area (Å²) < 4.78 is 34.2. The fraction of sp³-hybridized carbons (Fsp3) is 0.632. The van der Waals surface area contributed by atoms with Gasteiger partial charge in [0.05, 0.1) is 26.4 Å². The minimum absolute atomic E-state index is 0.00905. The minimum atomic E-state index is -1.73. The molecule has 71 heavy (non-hydrogen) atoms. The number of carbonyl (C=O) groups is 1. The number of hydrogen-bond donors (Lipinski definition) is 7. The van der Waals surface area contributed by atoms with Crippen LogP contribution in [-0.2, 0) is 33.2 Å². The van der Waals surface area contributed by atoms with Crippen LogP contribution >= 0.6 is 0 Å². The lowest BCUT2D eigenvalue weighted by molar-refractivity contribution is -0.332. The second-order valence-electron chi connectivity index (χ2n) is 17.6. The molecule has 0 aromatic rings. The van der Waals surface area contributed by atoms with E-state index in [2.05, 4.69) is 123 Å². The highest BCUT2D eigenvalue weighted by Gasteiger charge is 2.47. The van der Waals surface area contributed by atoms with E-state index in [1.807, 2.05) is 12.2 Å². The number of allylic oxidation sites excluding steroid dienone is 20. The average molecular weight is 999 g/mol. The van der Waals surface area contributed by atoms with Crippen LogP contribution in [0.3, 0.4) is 0 Å². The summed E-state index contributed by atoms with van der Waals surface area (Å²) in [6.07, 6.45) is 42.7.